The van der Waals surface area contributed by atoms with E-state index >= 15 is 0 Å². The molecule has 1 aromatic heterocycles. The molecule has 0 bridgehead atoms. The molecule has 5 nitrogen and oxygen atoms in total. The van der Waals surface area contributed by atoms with Crippen LogP contribution in [0.3, 0.4) is 0 Å². The minimum Gasteiger partial charge on any atom is -0.339 e. The zero-order valence-corrected chi connectivity index (χ0v) is 9.59. The van der Waals surface area contributed by atoms with E-state index in [0.717, 1.165) is 19.4 Å². The molecule has 0 unspecified atom stereocenters. The van der Waals surface area contributed by atoms with Crippen LogP contribution in [0.2, 0.25) is 0 Å². The van der Waals surface area contributed by atoms with Crippen molar-refractivity contribution >= 4 is 5.91 Å². The fraction of sp³-hybridized carbons (Fsp3) is 0.545. The highest BCUT2D eigenvalue weighted by Crippen LogP contribution is 2.03. The van der Waals surface area contributed by atoms with Crippen LogP contribution in [0.15, 0.2) is 18.7 Å². The lowest BCUT2D eigenvalue weighted by molar-refractivity contribution is 0.0754. The summed E-state index contributed by atoms with van der Waals surface area (Å²) in [7, 11) is 0. The van der Waals surface area contributed by atoms with E-state index in [2.05, 4.69) is 9.97 Å². The van der Waals surface area contributed by atoms with Crippen LogP contribution in [0.4, 0.5) is 0 Å². The Balaban J connectivity index is 2.67. The number of carbonyl (C=O) groups is 1. The van der Waals surface area contributed by atoms with Crippen LogP contribution >= 0.6 is 0 Å². The Kier molecular flexibility index (Phi) is 5.42. The Morgan fingerprint density at radius 3 is 2.62 bits per heavy atom. The summed E-state index contributed by atoms with van der Waals surface area (Å²) in [4.78, 5) is 21.5. The number of nitrogens with zero attached hydrogens (tertiary/aromatic N) is 3. The molecule has 5 heteroatoms. The van der Waals surface area contributed by atoms with Crippen LogP contribution in [-0.2, 0) is 0 Å². The Labute approximate surface area is 95.7 Å². The molecule has 0 spiro atoms. The van der Waals surface area contributed by atoms with Crippen molar-refractivity contribution in [2.45, 2.75) is 19.8 Å². The lowest BCUT2D eigenvalue weighted by Gasteiger charge is -2.21. The fourth-order valence-electron chi connectivity index (χ4n) is 1.46. The van der Waals surface area contributed by atoms with E-state index in [-0.39, 0.29) is 5.91 Å². The predicted octanol–water partition coefficient (Wildman–Crippen LogP) is 0.678. The van der Waals surface area contributed by atoms with Crippen molar-refractivity contribution < 1.29 is 4.79 Å². The largest absolute Gasteiger partial charge is 0.339 e. The maximum atomic E-state index is 12.0. The zero-order valence-electron chi connectivity index (χ0n) is 9.59. The van der Waals surface area contributed by atoms with E-state index < -0.39 is 0 Å². The highest BCUT2D eigenvalue weighted by molar-refractivity contribution is 5.93. The Hall–Kier alpha value is -1.49. The van der Waals surface area contributed by atoms with Crippen molar-refractivity contribution in [2.24, 2.45) is 5.73 Å². The quantitative estimate of drug-likeness (QED) is 0.768. The highest BCUT2D eigenvalue weighted by atomic mass is 16.2. The van der Waals surface area contributed by atoms with Gasteiger partial charge in [0.15, 0.2) is 0 Å². The number of hydrogen-bond donors (Lipinski definition) is 1. The maximum absolute atomic E-state index is 12.0. The van der Waals surface area contributed by atoms with Gasteiger partial charge in [0.1, 0.15) is 6.33 Å². The van der Waals surface area contributed by atoms with E-state index in [1.807, 2.05) is 6.92 Å². The number of hydrogen-bond acceptors (Lipinski definition) is 4. The van der Waals surface area contributed by atoms with E-state index in [9.17, 15) is 4.79 Å². The van der Waals surface area contributed by atoms with Gasteiger partial charge in [-0.2, -0.15) is 0 Å². The number of aromatic nitrogens is 2. The molecule has 0 aliphatic rings. The third-order valence-corrected chi connectivity index (χ3v) is 2.22. The van der Waals surface area contributed by atoms with E-state index in [1.165, 1.54) is 6.33 Å². The third kappa shape index (κ3) is 3.58. The topological polar surface area (TPSA) is 72.1 Å². The van der Waals surface area contributed by atoms with Gasteiger partial charge in [0.05, 0.1) is 5.56 Å². The smallest absolute Gasteiger partial charge is 0.256 e. The Bertz CT molecular complexity index is 315. The number of amides is 1. The zero-order chi connectivity index (χ0) is 11.8. The fourth-order valence-corrected chi connectivity index (χ4v) is 1.46. The molecule has 1 heterocycles. The molecule has 0 aromatic carbocycles. The molecule has 0 saturated carbocycles. The van der Waals surface area contributed by atoms with Gasteiger partial charge < -0.3 is 10.6 Å². The van der Waals surface area contributed by atoms with E-state index in [4.69, 9.17) is 5.73 Å². The van der Waals surface area contributed by atoms with E-state index in [0.29, 0.717) is 18.7 Å². The molecule has 88 valence electrons. The van der Waals surface area contributed by atoms with Crippen molar-refractivity contribution in [2.75, 3.05) is 19.6 Å². The summed E-state index contributed by atoms with van der Waals surface area (Å²) >= 11 is 0. The minimum absolute atomic E-state index is 0.0177. The van der Waals surface area contributed by atoms with Gasteiger partial charge in [-0.05, 0) is 19.4 Å². The van der Waals surface area contributed by atoms with Gasteiger partial charge in [-0.3, -0.25) is 4.79 Å². The van der Waals surface area contributed by atoms with Crippen LogP contribution in [0.25, 0.3) is 0 Å². The van der Waals surface area contributed by atoms with Gasteiger partial charge in [0.25, 0.3) is 5.91 Å². The summed E-state index contributed by atoms with van der Waals surface area (Å²) in [6, 6.07) is 0. The summed E-state index contributed by atoms with van der Waals surface area (Å²) in [6.45, 7) is 4.08. The molecule has 1 amide bonds. The highest BCUT2D eigenvalue weighted by Gasteiger charge is 2.14. The van der Waals surface area contributed by atoms with Crippen molar-refractivity contribution in [3.63, 3.8) is 0 Å². The summed E-state index contributed by atoms with van der Waals surface area (Å²) in [6.07, 6.45) is 6.26. The first-order valence-electron chi connectivity index (χ1n) is 5.54. The van der Waals surface area contributed by atoms with Gasteiger partial charge in [-0.25, -0.2) is 9.97 Å². The molecule has 1 rings (SSSR count). The summed E-state index contributed by atoms with van der Waals surface area (Å²) in [5, 5.41) is 0. The van der Waals surface area contributed by atoms with Gasteiger partial charge in [0, 0.05) is 25.5 Å². The molecule has 0 atom stereocenters. The van der Waals surface area contributed by atoms with Crippen LogP contribution in [0.1, 0.15) is 30.1 Å². The normalized spacial score (nSPS) is 10.1. The second-order valence-electron chi connectivity index (χ2n) is 3.56. The van der Waals surface area contributed by atoms with Crippen molar-refractivity contribution in [1.29, 1.82) is 0 Å². The van der Waals surface area contributed by atoms with Crippen molar-refractivity contribution in [3.05, 3.63) is 24.3 Å². The van der Waals surface area contributed by atoms with Crippen molar-refractivity contribution in [1.82, 2.24) is 14.9 Å². The first kappa shape index (κ1) is 12.6. The summed E-state index contributed by atoms with van der Waals surface area (Å²) in [5.74, 6) is -0.0177. The summed E-state index contributed by atoms with van der Waals surface area (Å²) < 4.78 is 0. The molecule has 0 saturated heterocycles. The van der Waals surface area contributed by atoms with Crippen molar-refractivity contribution in [3.8, 4) is 0 Å². The molecule has 0 fully saturated rings. The van der Waals surface area contributed by atoms with Gasteiger partial charge in [-0.1, -0.05) is 6.92 Å². The molecule has 16 heavy (non-hydrogen) atoms. The third-order valence-electron chi connectivity index (χ3n) is 2.22. The molecular weight excluding hydrogens is 204 g/mol. The molecule has 0 aliphatic carbocycles. The van der Waals surface area contributed by atoms with E-state index in [1.54, 1.807) is 17.3 Å². The Morgan fingerprint density at radius 2 is 2.06 bits per heavy atom. The van der Waals surface area contributed by atoms with Gasteiger partial charge in [0.2, 0.25) is 0 Å². The molecule has 1 aromatic rings. The molecular formula is C11H18N4O. The van der Waals surface area contributed by atoms with Gasteiger partial charge >= 0.3 is 0 Å². The second kappa shape index (κ2) is 6.90. The minimum atomic E-state index is -0.0177. The lowest BCUT2D eigenvalue weighted by atomic mass is 10.2. The summed E-state index contributed by atoms with van der Waals surface area (Å²) in [5.41, 5.74) is 5.98. The average Bonchev–Trinajstić information content (AvgIpc) is 2.35. The van der Waals surface area contributed by atoms with Crippen LogP contribution in [-0.4, -0.2) is 40.4 Å². The second-order valence-corrected chi connectivity index (χ2v) is 3.56. The molecule has 2 N–H and O–H groups in total. The Morgan fingerprint density at radius 1 is 1.38 bits per heavy atom. The number of rotatable bonds is 6. The van der Waals surface area contributed by atoms with Gasteiger partial charge in [-0.15, -0.1) is 0 Å². The SMILES string of the molecule is CCCN(CCCN)C(=O)c1cncnc1. The first-order valence-corrected chi connectivity index (χ1v) is 5.54. The number of carbonyl (C=O) groups excluding carboxylic acids is 1. The van der Waals surface area contributed by atoms with Crippen LogP contribution < -0.4 is 5.73 Å². The van der Waals surface area contributed by atoms with Crippen LogP contribution in [0, 0.1) is 0 Å². The standard InChI is InChI=1S/C11H18N4O/c1-2-5-15(6-3-4-12)11(16)10-7-13-9-14-8-10/h7-9H,2-6,12H2,1H3. The first-order chi connectivity index (χ1) is 7.79. The lowest BCUT2D eigenvalue weighted by Crippen LogP contribution is -2.33. The predicted molar refractivity (Wildman–Crippen MR) is 61.9 cm³/mol. The monoisotopic (exact) mass is 222 g/mol. The maximum Gasteiger partial charge on any atom is 0.256 e. The average molecular weight is 222 g/mol. The van der Waals surface area contributed by atoms with Crippen LogP contribution in [0.5, 0.6) is 0 Å². The molecule has 0 aliphatic heterocycles. The molecule has 0 radical (unpaired) electrons. The number of nitrogens with two attached hydrogens (primary N) is 1.